The molecule has 0 heterocycles. The maximum atomic E-state index is 10.9. The molecule has 2 N–H and O–H groups in total. The zero-order valence-electron chi connectivity index (χ0n) is 5.99. The van der Waals surface area contributed by atoms with E-state index in [0.717, 1.165) is 0 Å². The normalized spacial score (nSPS) is 9.18. The maximum Gasteiger partial charge on any atom is 0.339 e. The summed E-state index contributed by atoms with van der Waals surface area (Å²) in [6, 6.07) is 8.73. The Morgan fingerprint density at radius 3 is 2.55 bits per heavy atom. The van der Waals surface area contributed by atoms with Crippen LogP contribution in [0.5, 0.6) is 0 Å². The van der Waals surface area contributed by atoms with Crippen molar-refractivity contribution >= 4 is 5.97 Å². The van der Waals surface area contributed by atoms with Crippen LogP contribution in [0.15, 0.2) is 30.3 Å². The topological polar surface area (TPSA) is 52.3 Å². The molecule has 1 aromatic carbocycles. The molecule has 1 aromatic rings. The first-order chi connectivity index (χ1) is 5.34. The highest BCUT2D eigenvalue weighted by molar-refractivity contribution is 5.89. The highest BCUT2D eigenvalue weighted by atomic mass is 16.5. The van der Waals surface area contributed by atoms with E-state index in [0.29, 0.717) is 5.56 Å². The van der Waals surface area contributed by atoms with Crippen molar-refractivity contribution in [1.29, 1.82) is 0 Å². The number of rotatable bonds is 2. The summed E-state index contributed by atoms with van der Waals surface area (Å²) in [6.07, 6.45) is 0. The summed E-state index contributed by atoms with van der Waals surface area (Å²) in [4.78, 5) is 10.9. The van der Waals surface area contributed by atoms with E-state index in [9.17, 15) is 4.79 Å². The Labute approximate surface area is 64.8 Å². The maximum absolute atomic E-state index is 10.9. The third-order valence-electron chi connectivity index (χ3n) is 1.22. The lowest BCUT2D eigenvalue weighted by atomic mass is 10.2. The third-order valence-corrected chi connectivity index (χ3v) is 1.22. The van der Waals surface area contributed by atoms with Crippen LogP contribution in [0.2, 0.25) is 0 Å². The van der Waals surface area contributed by atoms with E-state index < -0.39 is 0 Å². The largest absolute Gasteiger partial charge is 0.446 e. The first-order valence-electron chi connectivity index (χ1n) is 3.27. The van der Waals surface area contributed by atoms with Gasteiger partial charge < -0.3 is 4.74 Å². The van der Waals surface area contributed by atoms with Crippen LogP contribution in [0.3, 0.4) is 0 Å². The fourth-order valence-corrected chi connectivity index (χ4v) is 0.733. The van der Waals surface area contributed by atoms with E-state index in [1.165, 1.54) is 0 Å². The Balaban J connectivity index is 2.69. The summed E-state index contributed by atoms with van der Waals surface area (Å²) >= 11 is 0. The molecule has 0 unspecified atom stereocenters. The first-order valence-corrected chi connectivity index (χ1v) is 3.27. The predicted molar refractivity (Wildman–Crippen MR) is 40.9 cm³/mol. The second-order valence-electron chi connectivity index (χ2n) is 1.96. The lowest BCUT2D eigenvalue weighted by Gasteiger charge is -1.99. The summed E-state index contributed by atoms with van der Waals surface area (Å²) in [6.45, 7) is -0.0757. The van der Waals surface area contributed by atoms with Gasteiger partial charge in [-0.3, -0.25) is 5.73 Å². The summed E-state index contributed by atoms with van der Waals surface area (Å²) in [5.41, 5.74) is 5.55. The van der Waals surface area contributed by atoms with Crippen LogP contribution in [-0.4, -0.2) is 12.7 Å². The number of nitrogens with two attached hydrogens (primary N) is 1. The Kier molecular flexibility index (Phi) is 2.63. The molecule has 0 aliphatic rings. The van der Waals surface area contributed by atoms with Crippen LogP contribution in [-0.2, 0) is 4.74 Å². The monoisotopic (exact) mass is 151 g/mol. The molecule has 11 heavy (non-hydrogen) atoms. The second-order valence-corrected chi connectivity index (χ2v) is 1.96. The van der Waals surface area contributed by atoms with E-state index in [2.05, 4.69) is 4.74 Å². The first kappa shape index (κ1) is 7.75. The molecule has 58 valence electrons. The predicted octanol–water partition coefficient (Wildman–Crippen LogP) is 0.760. The minimum atomic E-state index is -0.381. The van der Waals surface area contributed by atoms with Gasteiger partial charge in [0.1, 0.15) is 6.73 Å². The summed E-state index contributed by atoms with van der Waals surface area (Å²) < 4.78 is 4.57. The second kappa shape index (κ2) is 3.73. The Hall–Kier alpha value is -1.35. The molecule has 0 bridgehead atoms. The fourth-order valence-electron chi connectivity index (χ4n) is 0.733. The smallest absolute Gasteiger partial charge is 0.339 e. The number of hydrogen-bond acceptors (Lipinski definition) is 3. The molecular weight excluding hydrogens is 142 g/mol. The van der Waals surface area contributed by atoms with Gasteiger partial charge in [-0.05, 0) is 12.1 Å². The highest BCUT2D eigenvalue weighted by Gasteiger charge is 2.02. The van der Waals surface area contributed by atoms with Gasteiger partial charge >= 0.3 is 5.97 Å². The molecule has 3 nitrogen and oxygen atoms in total. The van der Waals surface area contributed by atoms with Gasteiger partial charge in [-0.1, -0.05) is 18.2 Å². The average Bonchev–Trinajstić information content (AvgIpc) is 2.07. The van der Waals surface area contributed by atoms with Gasteiger partial charge in [0.25, 0.3) is 0 Å². The standard InChI is InChI=1S/C8H9NO2/c9-6-11-8(10)7-4-2-1-3-5-7/h1-5H,6,9H2. The summed E-state index contributed by atoms with van der Waals surface area (Å²) in [7, 11) is 0. The van der Waals surface area contributed by atoms with Gasteiger partial charge in [0.15, 0.2) is 0 Å². The molecule has 0 radical (unpaired) electrons. The SMILES string of the molecule is NCOC(=O)c1ccccc1. The Morgan fingerprint density at radius 2 is 2.00 bits per heavy atom. The van der Waals surface area contributed by atoms with E-state index in [-0.39, 0.29) is 12.7 Å². The molecule has 3 heteroatoms. The summed E-state index contributed by atoms with van der Waals surface area (Å²) in [5.74, 6) is -0.381. The molecule has 0 saturated heterocycles. The number of benzene rings is 1. The van der Waals surface area contributed by atoms with Crippen LogP contribution in [0.25, 0.3) is 0 Å². The molecule has 0 saturated carbocycles. The summed E-state index contributed by atoms with van der Waals surface area (Å²) in [5, 5.41) is 0. The van der Waals surface area contributed by atoms with Crippen molar-refractivity contribution in [1.82, 2.24) is 0 Å². The van der Waals surface area contributed by atoms with Gasteiger partial charge in [0, 0.05) is 0 Å². The van der Waals surface area contributed by atoms with Gasteiger partial charge in [0.05, 0.1) is 5.56 Å². The zero-order chi connectivity index (χ0) is 8.10. The number of hydrogen-bond donors (Lipinski definition) is 1. The van der Waals surface area contributed by atoms with Crippen molar-refractivity contribution in [3.8, 4) is 0 Å². The van der Waals surface area contributed by atoms with E-state index in [4.69, 9.17) is 5.73 Å². The van der Waals surface area contributed by atoms with E-state index in [1.54, 1.807) is 24.3 Å². The highest BCUT2D eigenvalue weighted by Crippen LogP contribution is 1.99. The lowest BCUT2D eigenvalue weighted by molar-refractivity contribution is 0.0515. The van der Waals surface area contributed by atoms with Crippen molar-refractivity contribution in [3.63, 3.8) is 0 Å². The van der Waals surface area contributed by atoms with Gasteiger partial charge in [-0.2, -0.15) is 0 Å². The third kappa shape index (κ3) is 2.05. The van der Waals surface area contributed by atoms with E-state index in [1.807, 2.05) is 6.07 Å². The van der Waals surface area contributed by atoms with Crippen molar-refractivity contribution < 1.29 is 9.53 Å². The Bertz CT molecular complexity index is 233. The van der Waals surface area contributed by atoms with Gasteiger partial charge in [-0.15, -0.1) is 0 Å². The van der Waals surface area contributed by atoms with Crippen molar-refractivity contribution in [2.24, 2.45) is 5.73 Å². The molecule has 0 atom stereocenters. The van der Waals surface area contributed by atoms with Crippen molar-refractivity contribution in [2.45, 2.75) is 0 Å². The quantitative estimate of drug-likeness (QED) is 0.501. The average molecular weight is 151 g/mol. The van der Waals surface area contributed by atoms with Gasteiger partial charge in [0.2, 0.25) is 0 Å². The number of ether oxygens (including phenoxy) is 1. The van der Waals surface area contributed by atoms with E-state index >= 15 is 0 Å². The van der Waals surface area contributed by atoms with Crippen LogP contribution < -0.4 is 5.73 Å². The number of esters is 1. The minimum Gasteiger partial charge on any atom is -0.446 e. The molecule has 1 rings (SSSR count). The minimum absolute atomic E-state index is 0.0757. The molecule has 0 amide bonds. The zero-order valence-corrected chi connectivity index (χ0v) is 5.99. The van der Waals surface area contributed by atoms with Crippen LogP contribution in [0.1, 0.15) is 10.4 Å². The molecule has 0 aromatic heterocycles. The number of carbonyl (C=O) groups is 1. The molecule has 0 fully saturated rings. The van der Waals surface area contributed by atoms with Crippen LogP contribution >= 0.6 is 0 Å². The van der Waals surface area contributed by atoms with Crippen molar-refractivity contribution in [2.75, 3.05) is 6.73 Å². The molecule has 0 aliphatic heterocycles. The van der Waals surface area contributed by atoms with Crippen molar-refractivity contribution in [3.05, 3.63) is 35.9 Å². The molecule has 0 spiro atoms. The van der Waals surface area contributed by atoms with Crippen LogP contribution in [0.4, 0.5) is 0 Å². The Morgan fingerprint density at radius 1 is 1.36 bits per heavy atom. The lowest BCUT2D eigenvalue weighted by Crippen LogP contribution is -2.11. The van der Waals surface area contributed by atoms with Gasteiger partial charge in [-0.25, -0.2) is 4.79 Å². The number of carbonyl (C=O) groups excluding carboxylic acids is 1. The fraction of sp³-hybridized carbons (Fsp3) is 0.125. The molecular formula is C8H9NO2. The molecule has 0 aliphatic carbocycles. The van der Waals surface area contributed by atoms with Crippen LogP contribution in [0, 0.1) is 0 Å².